The van der Waals surface area contributed by atoms with Crippen LogP contribution in [-0.2, 0) is 4.79 Å². The number of carbonyl (C=O) groups is 1. The van der Waals surface area contributed by atoms with Gasteiger partial charge in [0, 0.05) is 31.5 Å². The largest absolute Gasteiger partial charge is 0.378 e. The van der Waals surface area contributed by atoms with E-state index in [0.717, 1.165) is 17.8 Å². The molecule has 1 aliphatic rings. The highest BCUT2D eigenvalue weighted by atomic mass is 127. The van der Waals surface area contributed by atoms with Crippen LogP contribution in [0.2, 0.25) is 0 Å². The first-order valence-electron chi connectivity index (χ1n) is 7.57. The van der Waals surface area contributed by atoms with Crippen molar-refractivity contribution in [2.75, 3.05) is 10.2 Å². The van der Waals surface area contributed by atoms with E-state index in [1.165, 1.54) is 12.7 Å². The minimum Gasteiger partial charge on any atom is -0.378 e. The van der Waals surface area contributed by atoms with Gasteiger partial charge in [0.2, 0.25) is 5.91 Å². The lowest BCUT2D eigenvalue weighted by atomic mass is 9.91. The van der Waals surface area contributed by atoms with E-state index >= 15 is 0 Å². The summed E-state index contributed by atoms with van der Waals surface area (Å²) in [4.78, 5) is 14.0. The molecule has 0 saturated carbocycles. The molecule has 0 aromatic heterocycles. The Bertz CT molecular complexity index is 730. The summed E-state index contributed by atoms with van der Waals surface area (Å²) in [6.45, 7) is 3.76. The summed E-state index contributed by atoms with van der Waals surface area (Å²) in [5.41, 5.74) is 3.34. The molecule has 1 N–H and O–H groups in total. The minimum absolute atomic E-state index is 0.104. The number of hydrogen-bond donors (Lipinski definition) is 1. The van der Waals surface area contributed by atoms with Crippen molar-refractivity contribution in [1.29, 1.82) is 0 Å². The van der Waals surface area contributed by atoms with Gasteiger partial charge in [-0.1, -0.05) is 0 Å². The van der Waals surface area contributed by atoms with Gasteiger partial charge in [0.25, 0.3) is 0 Å². The Kier molecular flexibility index (Phi) is 5.15. The molecule has 0 fully saturated rings. The summed E-state index contributed by atoms with van der Waals surface area (Å²) in [6, 6.07) is 15.1. The van der Waals surface area contributed by atoms with Crippen LogP contribution in [0.15, 0.2) is 42.5 Å². The first-order chi connectivity index (χ1) is 11.0. The Morgan fingerprint density at radius 1 is 1.13 bits per heavy atom. The molecule has 2 unspecified atom stereocenters. The van der Waals surface area contributed by atoms with E-state index in [2.05, 4.69) is 99.9 Å². The maximum absolute atomic E-state index is 12.1. The molecule has 0 bridgehead atoms. The number of anilines is 2. The maximum Gasteiger partial charge on any atom is 0.224 e. The third-order valence-electron chi connectivity index (χ3n) is 4.17. The number of carbonyl (C=O) groups excluding carboxylic acids is 1. The highest BCUT2D eigenvalue weighted by Crippen LogP contribution is 2.39. The first-order valence-corrected chi connectivity index (χ1v) is 9.73. The van der Waals surface area contributed by atoms with Crippen molar-refractivity contribution in [1.82, 2.24) is 0 Å². The third-order valence-corrected chi connectivity index (χ3v) is 5.56. The number of nitrogens with one attached hydrogen (secondary N) is 1. The average molecular weight is 532 g/mol. The lowest BCUT2D eigenvalue weighted by Gasteiger charge is -2.39. The summed E-state index contributed by atoms with van der Waals surface area (Å²) in [7, 11) is 0. The molecule has 3 nitrogen and oxygen atoms in total. The standard InChI is InChI=1S/C18H18I2N2O/c1-11-9-17(21-15-6-3-13(19)4-7-15)16-10-14(20)5-8-18(16)22(11)12(2)23/h3-8,10-11,17,21H,9H2,1-2H3. The molecule has 0 radical (unpaired) electrons. The van der Waals surface area contributed by atoms with Crippen molar-refractivity contribution in [2.45, 2.75) is 32.4 Å². The van der Waals surface area contributed by atoms with E-state index in [-0.39, 0.29) is 18.0 Å². The van der Waals surface area contributed by atoms with Gasteiger partial charge in [-0.2, -0.15) is 0 Å². The second kappa shape index (κ2) is 6.96. The quantitative estimate of drug-likeness (QED) is 0.541. The Morgan fingerprint density at radius 3 is 2.43 bits per heavy atom. The van der Waals surface area contributed by atoms with Gasteiger partial charge in [-0.25, -0.2) is 0 Å². The molecule has 0 saturated heterocycles. The number of fused-ring (bicyclic) bond motifs is 1. The van der Waals surface area contributed by atoms with Crippen molar-refractivity contribution in [3.63, 3.8) is 0 Å². The molecular formula is C18H18I2N2O. The molecule has 0 spiro atoms. The van der Waals surface area contributed by atoms with E-state index in [1.54, 1.807) is 6.92 Å². The summed E-state index contributed by atoms with van der Waals surface area (Å²) in [5.74, 6) is 0.104. The summed E-state index contributed by atoms with van der Waals surface area (Å²) >= 11 is 4.64. The predicted octanol–water partition coefficient (Wildman–Crippen LogP) is 5.19. The van der Waals surface area contributed by atoms with Crippen LogP contribution in [-0.4, -0.2) is 11.9 Å². The SMILES string of the molecule is CC(=O)N1c2ccc(I)cc2C(Nc2ccc(I)cc2)CC1C. The lowest BCUT2D eigenvalue weighted by Crippen LogP contribution is -2.43. The van der Waals surface area contributed by atoms with E-state index in [9.17, 15) is 4.79 Å². The number of halogens is 2. The topological polar surface area (TPSA) is 32.3 Å². The number of nitrogens with zero attached hydrogens (tertiary/aromatic N) is 1. The van der Waals surface area contributed by atoms with Crippen LogP contribution < -0.4 is 10.2 Å². The molecule has 5 heteroatoms. The molecule has 2 aromatic carbocycles. The Labute approximate surface area is 164 Å². The molecule has 1 aliphatic heterocycles. The molecule has 1 amide bonds. The van der Waals surface area contributed by atoms with Gasteiger partial charge in [0.15, 0.2) is 0 Å². The van der Waals surface area contributed by atoms with Crippen molar-refractivity contribution >= 4 is 62.5 Å². The molecule has 2 aromatic rings. The number of amides is 1. The number of rotatable bonds is 2. The fourth-order valence-corrected chi connectivity index (χ4v) is 4.07. The highest BCUT2D eigenvalue weighted by Gasteiger charge is 2.32. The molecule has 3 rings (SSSR count). The van der Waals surface area contributed by atoms with Crippen molar-refractivity contribution in [3.8, 4) is 0 Å². The van der Waals surface area contributed by atoms with Crippen LogP contribution >= 0.6 is 45.2 Å². The minimum atomic E-state index is 0.104. The van der Waals surface area contributed by atoms with Gasteiger partial charge in [-0.3, -0.25) is 4.79 Å². The summed E-state index contributed by atoms with van der Waals surface area (Å²) in [5, 5.41) is 3.64. The van der Waals surface area contributed by atoms with Crippen molar-refractivity contribution < 1.29 is 4.79 Å². The zero-order valence-electron chi connectivity index (χ0n) is 13.0. The zero-order chi connectivity index (χ0) is 16.6. The van der Waals surface area contributed by atoms with E-state index in [4.69, 9.17) is 0 Å². The van der Waals surface area contributed by atoms with E-state index < -0.39 is 0 Å². The van der Waals surface area contributed by atoms with Crippen LogP contribution in [0.5, 0.6) is 0 Å². The molecule has 0 aliphatic carbocycles. The molecule has 2 atom stereocenters. The van der Waals surface area contributed by atoms with E-state index in [0.29, 0.717) is 0 Å². The van der Waals surface area contributed by atoms with Gasteiger partial charge < -0.3 is 10.2 Å². The predicted molar refractivity (Wildman–Crippen MR) is 112 cm³/mol. The Hall–Kier alpha value is -0.830. The van der Waals surface area contributed by atoms with Crippen LogP contribution in [0, 0.1) is 7.14 Å². The molecule has 23 heavy (non-hydrogen) atoms. The molecule has 1 heterocycles. The maximum atomic E-state index is 12.1. The van der Waals surface area contributed by atoms with Gasteiger partial charge in [0.1, 0.15) is 0 Å². The molecule has 120 valence electrons. The van der Waals surface area contributed by atoms with Gasteiger partial charge >= 0.3 is 0 Å². The monoisotopic (exact) mass is 532 g/mol. The van der Waals surface area contributed by atoms with Gasteiger partial charge in [0.05, 0.1) is 6.04 Å². The third kappa shape index (κ3) is 3.65. The van der Waals surface area contributed by atoms with Crippen LogP contribution in [0.3, 0.4) is 0 Å². The summed E-state index contributed by atoms with van der Waals surface area (Å²) in [6.07, 6.45) is 0.901. The average Bonchev–Trinajstić information content (AvgIpc) is 2.49. The number of hydrogen-bond acceptors (Lipinski definition) is 2. The number of benzene rings is 2. The second-order valence-corrected chi connectivity index (χ2v) is 8.37. The van der Waals surface area contributed by atoms with Crippen LogP contribution in [0.25, 0.3) is 0 Å². The van der Waals surface area contributed by atoms with Crippen LogP contribution in [0.1, 0.15) is 31.9 Å². The van der Waals surface area contributed by atoms with Crippen molar-refractivity contribution in [2.24, 2.45) is 0 Å². The normalized spacial score (nSPS) is 20.1. The van der Waals surface area contributed by atoms with Crippen molar-refractivity contribution in [3.05, 3.63) is 55.2 Å². The van der Waals surface area contributed by atoms with Gasteiger partial charge in [-0.15, -0.1) is 0 Å². The zero-order valence-corrected chi connectivity index (χ0v) is 17.3. The summed E-state index contributed by atoms with van der Waals surface area (Å²) < 4.78 is 2.41. The highest BCUT2D eigenvalue weighted by molar-refractivity contribution is 14.1. The fourth-order valence-electron chi connectivity index (χ4n) is 3.20. The first kappa shape index (κ1) is 17.0. The Balaban J connectivity index is 1.98. The molecular weight excluding hydrogens is 514 g/mol. The Morgan fingerprint density at radius 2 is 1.78 bits per heavy atom. The van der Waals surface area contributed by atoms with Crippen LogP contribution in [0.4, 0.5) is 11.4 Å². The second-order valence-electron chi connectivity index (χ2n) is 5.88. The van der Waals surface area contributed by atoms with Gasteiger partial charge in [-0.05, 0) is 107 Å². The smallest absolute Gasteiger partial charge is 0.224 e. The fraction of sp³-hybridized carbons (Fsp3) is 0.278. The lowest BCUT2D eigenvalue weighted by molar-refractivity contribution is -0.117. The van der Waals surface area contributed by atoms with E-state index in [1.807, 2.05) is 4.90 Å².